The van der Waals surface area contributed by atoms with Gasteiger partial charge in [-0.1, -0.05) is 0 Å². The molecule has 1 aliphatic rings. The maximum Gasteiger partial charge on any atom is 0.255 e. The van der Waals surface area contributed by atoms with Crippen LogP contribution in [0.3, 0.4) is 0 Å². The Morgan fingerprint density at radius 3 is 2.37 bits per heavy atom. The summed E-state index contributed by atoms with van der Waals surface area (Å²) in [7, 11) is 0. The Hall–Kier alpha value is -3.81. The van der Waals surface area contributed by atoms with Crippen molar-refractivity contribution in [1.82, 2.24) is 14.8 Å². The lowest BCUT2D eigenvalue weighted by molar-refractivity contribution is -0.121. The molecule has 1 aromatic carbocycles. The van der Waals surface area contributed by atoms with Crippen molar-refractivity contribution in [3.05, 3.63) is 66.6 Å². The molecule has 0 radical (unpaired) electrons. The maximum atomic E-state index is 12.6. The van der Waals surface area contributed by atoms with Gasteiger partial charge in [0.2, 0.25) is 11.8 Å². The van der Waals surface area contributed by atoms with Gasteiger partial charge in [-0.25, -0.2) is 9.67 Å². The van der Waals surface area contributed by atoms with E-state index in [4.69, 9.17) is 0 Å². The van der Waals surface area contributed by atoms with Crippen molar-refractivity contribution in [2.75, 3.05) is 10.2 Å². The monoisotopic (exact) mass is 361 g/mol. The number of amides is 3. The van der Waals surface area contributed by atoms with Gasteiger partial charge in [0.05, 0.1) is 11.4 Å². The van der Waals surface area contributed by atoms with Crippen molar-refractivity contribution in [3.63, 3.8) is 0 Å². The number of nitrogens with one attached hydrogen (secondary N) is 1. The Balaban J connectivity index is 1.55. The molecule has 0 unspecified atom stereocenters. The van der Waals surface area contributed by atoms with E-state index in [9.17, 15) is 14.4 Å². The number of rotatable bonds is 4. The van der Waals surface area contributed by atoms with Crippen LogP contribution in [0.4, 0.5) is 11.4 Å². The standard InChI is InChI=1S/C19H15N5O3/c25-16-8-9-17(26)24(16)14-6-4-13(5-7-14)19(27)22-15-3-1-10-20-18(15)23-12-2-11-21-23/h1-7,10-12H,8-9H2,(H,22,27). The van der Waals surface area contributed by atoms with Crippen LogP contribution in [-0.2, 0) is 9.59 Å². The second kappa shape index (κ2) is 6.83. The van der Waals surface area contributed by atoms with Crippen molar-refractivity contribution in [3.8, 4) is 5.82 Å². The van der Waals surface area contributed by atoms with Crippen molar-refractivity contribution in [2.24, 2.45) is 0 Å². The van der Waals surface area contributed by atoms with E-state index < -0.39 is 0 Å². The molecule has 1 aliphatic heterocycles. The highest BCUT2D eigenvalue weighted by Gasteiger charge is 2.30. The van der Waals surface area contributed by atoms with Crippen LogP contribution in [0, 0.1) is 0 Å². The van der Waals surface area contributed by atoms with Crippen molar-refractivity contribution >= 4 is 29.1 Å². The summed E-state index contributed by atoms with van der Waals surface area (Å²) >= 11 is 0. The van der Waals surface area contributed by atoms with E-state index in [1.54, 1.807) is 65.7 Å². The molecule has 0 atom stereocenters. The number of anilines is 2. The summed E-state index contributed by atoms with van der Waals surface area (Å²) in [5.74, 6) is -0.282. The van der Waals surface area contributed by atoms with Crippen LogP contribution in [0.15, 0.2) is 61.1 Å². The number of hydrogen-bond acceptors (Lipinski definition) is 5. The predicted octanol–water partition coefficient (Wildman–Crippen LogP) is 2.17. The molecule has 2 aromatic heterocycles. The maximum absolute atomic E-state index is 12.6. The molecule has 3 amide bonds. The first-order valence-electron chi connectivity index (χ1n) is 8.36. The minimum Gasteiger partial charge on any atom is -0.319 e. The minimum atomic E-state index is -0.331. The second-order valence-electron chi connectivity index (χ2n) is 5.95. The number of nitrogens with zero attached hydrogens (tertiary/aromatic N) is 4. The Morgan fingerprint density at radius 2 is 1.70 bits per heavy atom. The van der Waals surface area contributed by atoms with E-state index in [0.29, 0.717) is 22.8 Å². The fourth-order valence-corrected chi connectivity index (χ4v) is 2.89. The summed E-state index contributed by atoms with van der Waals surface area (Å²) in [6.07, 6.45) is 5.42. The van der Waals surface area contributed by atoms with E-state index in [-0.39, 0.29) is 30.6 Å². The van der Waals surface area contributed by atoms with Crippen LogP contribution in [-0.4, -0.2) is 32.5 Å². The fourth-order valence-electron chi connectivity index (χ4n) is 2.89. The summed E-state index contributed by atoms with van der Waals surface area (Å²) in [6, 6.07) is 11.6. The summed E-state index contributed by atoms with van der Waals surface area (Å²) in [5, 5.41) is 6.94. The van der Waals surface area contributed by atoms with Crippen LogP contribution in [0.2, 0.25) is 0 Å². The number of pyridine rings is 1. The van der Waals surface area contributed by atoms with E-state index in [0.717, 1.165) is 4.90 Å². The second-order valence-corrected chi connectivity index (χ2v) is 5.95. The summed E-state index contributed by atoms with van der Waals surface area (Å²) < 4.78 is 1.56. The normalized spacial score (nSPS) is 13.9. The topological polar surface area (TPSA) is 97.2 Å². The SMILES string of the molecule is O=C(Nc1cccnc1-n1cccn1)c1ccc(N2C(=O)CCC2=O)cc1. The first kappa shape index (κ1) is 16.6. The molecule has 27 heavy (non-hydrogen) atoms. The summed E-state index contributed by atoms with van der Waals surface area (Å²) in [4.78, 5) is 41.6. The van der Waals surface area contributed by atoms with Gasteiger partial charge in [-0.15, -0.1) is 0 Å². The molecule has 8 heteroatoms. The zero-order chi connectivity index (χ0) is 18.8. The van der Waals surface area contributed by atoms with E-state index in [1.165, 1.54) is 0 Å². The molecular weight excluding hydrogens is 346 g/mol. The molecule has 0 aliphatic carbocycles. The van der Waals surface area contributed by atoms with Crippen molar-refractivity contribution in [2.45, 2.75) is 12.8 Å². The molecule has 1 fully saturated rings. The molecule has 3 aromatic rings. The highest BCUT2D eigenvalue weighted by Crippen LogP contribution is 2.23. The van der Waals surface area contributed by atoms with Crippen LogP contribution < -0.4 is 10.2 Å². The van der Waals surface area contributed by atoms with Gasteiger partial charge in [-0.05, 0) is 42.5 Å². The van der Waals surface area contributed by atoms with Gasteiger partial charge in [0.25, 0.3) is 5.91 Å². The number of carbonyl (C=O) groups is 3. The van der Waals surface area contributed by atoms with Crippen LogP contribution in [0.1, 0.15) is 23.2 Å². The van der Waals surface area contributed by atoms with Crippen LogP contribution in [0.25, 0.3) is 5.82 Å². The fraction of sp³-hybridized carbons (Fsp3) is 0.105. The quantitative estimate of drug-likeness (QED) is 0.718. The number of hydrogen-bond donors (Lipinski definition) is 1. The molecule has 1 N–H and O–H groups in total. The largest absolute Gasteiger partial charge is 0.319 e. The highest BCUT2D eigenvalue weighted by atomic mass is 16.2. The summed E-state index contributed by atoms with van der Waals surface area (Å²) in [5.41, 5.74) is 1.38. The third-order valence-corrected chi connectivity index (χ3v) is 4.20. The molecule has 0 bridgehead atoms. The van der Waals surface area contributed by atoms with E-state index in [2.05, 4.69) is 15.4 Å². The van der Waals surface area contributed by atoms with Gasteiger partial charge in [0, 0.05) is 37.0 Å². The van der Waals surface area contributed by atoms with E-state index in [1.807, 2.05) is 0 Å². The summed E-state index contributed by atoms with van der Waals surface area (Å²) in [6.45, 7) is 0. The Kier molecular flexibility index (Phi) is 4.21. The molecule has 0 spiro atoms. The third kappa shape index (κ3) is 3.20. The van der Waals surface area contributed by atoms with Gasteiger partial charge < -0.3 is 5.32 Å². The first-order chi connectivity index (χ1) is 13.1. The average Bonchev–Trinajstić information content (AvgIpc) is 3.32. The number of benzene rings is 1. The van der Waals surface area contributed by atoms with Gasteiger partial charge >= 0.3 is 0 Å². The van der Waals surface area contributed by atoms with E-state index >= 15 is 0 Å². The van der Waals surface area contributed by atoms with Crippen LogP contribution in [0.5, 0.6) is 0 Å². The van der Waals surface area contributed by atoms with Crippen LogP contribution >= 0.6 is 0 Å². The van der Waals surface area contributed by atoms with Crippen molar-refractivity contribution < 1.29 is 14.4 Å². The lowest BCUT2D eigenvalue weighted by Crippen LogP contribution is -2.28. The smallest absolute Gasteiger partial charge is 0.255 e. The molecule has 0 saturated carbocycles. The lowest BCUT2D eigenvalue weighted by Gasteiger charge is -2.14. The molecule has 134 valence electrons. The third-order valence-electron chi connectivity index (χ3n) is 4.20. The first-order valence-corrected chi connectivity index (χ1v) is 8.36. The van der Waals surface area contributed by atoms with Crippen molar-refractivity contribution in [1.29, 1.82) is 0 Å². The molecule has 1 saturated heterocycles. The Labute approximate surface area is 154 Å². The van der Waals surface area contributed by atoms with Gasteiger partial charge in [-0.2, -0.15) is 5.10 Å². The number of imide groups is 1. The molecule has 3 heterocycles. The van der Waals surface area contributed by atoms with Gasteiger partial charge in [0.15, 0.2) is 5.82 Å². The Morgan fingerprint density at radius 1 is 0.963 bits per heavy atom. The molecule has 8 nitrogen and oxygen atoms in total. The molecular formula is C19H15N5O3. The van der Waals surface area contributed by atoms with Gasteiger partial charge in [-0.3, -0.25) is 19.3 Å². The Bertz CT molecular complexity index is 996. The number of aromatic nitrogens is 3. The lowest BCUT2D eigenvalue weighted by atomic mass is 10.1. The zero-order valence-corrected chi connectivity index (χ0v) is 14.2. The zero-order valence-electron chi connectivity index (χ0n) is 14.2. The average molecular weight is 361 g/mol. The highest BCUT2D eigenvalue weighted by molar-refractivity contribution is 6.20. The van der Waals surface area contributed by atoms with Gasteiger partial charge in [0.1, 0.15) is 0 Å². The predicted molar refractivity (Wildman–Crippen MR) is 97.5 cm³/mol. The number of carbonyl (C=O) groups excluding carboxylic acids is 3. The molecule has 4 rings (SSSR count). The minimum absolute atomic E-state index is 0.221.